The minimum Gasteiger partial charge on any atom is -0.399 e. The Balaban J connectivity index is 2.34. The predicted molar refractivity (Wildman–Crippen MR) is 46.6 cm³/mol. The third-order valence-corrected chi connectivity index (χ3v) is 2.35. The van der Waals surface area contributed by atoms with Crippen LogP contribution in [0.4, 0.5) is 5.69 Å². The molecule has 0 aromatic carbocycles. The number of rotatable bonds is 2. The highest BCUT2D eigenvalue weighted by Gasteiger charge is 2.46. The Morgan fingerprint density at radius 2 is 2.33 bits per heavy atom. The summed E-state index contributed by atoms with van der Waals surface area (Å²) in [6.45, 7) is 0. The molecule has 0 atom stereocenters. The largest absolute Gasteiger partial charge is 0.399 e. The molecule has 1 aromatic heterocycles. The van der Waals surface area contributed by atoms with E-state index in [1.54, 1.807) is 19.4 Å². The van der Waals surface area contributed by atoms with Crippen LogP contribution in [-0.4, -0.2) is 12.1 Å². The molecule has 1 aliphatic carbocycles. The Kier molecular flexibility index (Phi) is 1.54. The van der Waals surface area contributed by atoms with Crippen LogP contribution in [-0.2, 0) is 10.3 Å². The second-order valence-electron chi connectivity index (χ2n) is 3.17. The molecule has 1 saturated carbocycles. The molecule has 0 bridgehead atoms. The minimum atomic E-state index is -0.116. The van der Waals surface area contributed by atoms with Gasteiger partial charge < -0.3 is 10.5 Å². The highest BCUT2D eigenvalue weighted by atomic mass is 16.5. The molecular weight excluding hydrogens is 152 g/mol. The molecule has 0 spiro atoms. The first-order valence-electron chi connectivity index (χ1n) is 4.04. The fourth-order valence-electron chi connectivity index (χ4n) is 1.37. The van der Waals surface area contributed by atoms with E-state index in [4.69, 9.17) is 10.5 Å². The summed E-state index contributed by atoms with van der Waals surface area (Å²) in [7, 11) is 1.72. The molecule has 1 aliphatic rings. The number of aromatic nitrogens is 1. The average molecular weight is 164 g/mol. The van der Waals surface area contributed by atoms with Crippen LogP contribution in [0.15, 0.2) is 18.3 Å². The fraction of sp³-hybridized carbons (Fsp3) is 0.444. The second kappa shape index (κ2) is 2.45. The van der Waals surface area contributed by atoms with Gasteiger partial charge in [0.2, 0.25) is 0 Å². The molecule has 1 fully saturated rings. The third-order valence-electron chi connectivity index (χ3n) is 2.35. The lowest BCUT2D eigenvalue weighted by Gasteiger charge is -2.12. The van der Waals surface area contributed by atoms with E-state index >= 15 is 0 Å². The molecule has 2 rings (SSSR count). The lowest BCUT2D eigenvalue weighted by molar-refractivity contribution is 0.0752. The molecule has 64 valence electrons. The van der Waals surface area contributed by atoms with Gasteiger partial charge in [-0.15, -0.1) is 0 Å². The quantitative estimate of drug-likeness (QED) is 0.716. The van der Waals surface area contributed by atoms with E-state index in [2.05, 4.69) is 4.98 Å². The maximum atomic E-state index is 5.64. The Morgan fingerprint density at radius 1 is 1.58 bits per heavy atom. The summed E-state index contributed by atoms with van der Waals surface area (Å²) < 4.78 is 5.37. The normalized spacial score (nSPS) is 19.1. The molecule has 3 heteroatoms. The molecule has 3 nitrogen and oxygen atoms in total. The standard InChI is InChI=1S/C9H12N2O/c1-12-9(3-4-9)8-6-7(10)2-5-11-8/h2,5-6H,3-4H2,1H3,(H2,10,11). The van der Waals surface area contributed by atoms with Crippen molar-refractivity contribution < 1.29 is 4.74 Å². The van der Waals surface area contributed by atoms with Crippen molar-refractivity contribution in [2.45, 2.75) is 18.4 Å². The zero-order chi connectivity index (χ0) is 8.60. The van der Waals surface area contributed by atoms with Gasteiger partial charge in [0.05, 0.1) is 5.69 Å². The number of pyridine rings is 1. The van der Waals surface area contributed by atoms with Gasteiger partial charge in [-0.05, 0) is 25.0 Å². The molecule has 1 heterocycles. The molecule has 0 radical (unpaired) electrons. The van der Waals surface area contributed by atoms with Crippen molar-refractivity contribution in [1.82, 2.24) is 4.98 Å². The van der Waals surface area contributed by atoms with Crippen molar-refractivity contribution in [2.24, 2.45) is 0 Å². The van der Waals surface area contributed by atoms with Crippen LogP contribution in [0, 0.1) is 0 Å². The van der Waals surface area contributed by atoms with Crippen molar-refractivity contribution in [3.8, 4) is 0 Å². The van der Waals surface area contributed by atoms with E-state index in [1.807, 2.05) is 6.07 Å². The number of hydrogen-bond donors (Lipinski definition) is 1. The van der Waals surface area contributed by atoms with Gasteiger partial charge in [-0.3, -0.25) is 4.98 Å². The van der Waals surface area contributed by atoms with Crippen molar-refractivity contribution in [3.63, 3.8) is 0 Å². The number of methoxy groups -OCH3 is 1. The number of anilines is 1. The summed E-state index contributed by atoms with van der Waals surface area (Å²) in [5.74, 6) is 0. The summed E-state index contributed by atoms with van der Waals surface area (Å²) in [5.41, 5.74) is 7.24. The summed E-state index contributed by atoms with van der Waals surface area (Å²) in [6, 6.07) is 3.67. The molecule has 12 heavy (non-hydrogen) atoms. The number of nitrogen functional groups attached to an aromatic ring is 1. The maximum Gasteiger partial charge on any atom is 0.110 e. The Hall–Kier alpha value is -1.09. The van der Waals surface area contributed by atoms with Crippen LogP contribution in [0.25, 0.3) is 0 Å². The highest BCUT2D eigenvalue weighted by molar-refractivity contribution is 5.40. The van der Waals surface area contributed by atoms with E-state index in [9.17, 15) is 0 Å². The van der Waals surface area contributed by atoms with Gasteiger partial charge in [-0.25, -0.2) is 0 Å². The number of nitrogens with two attached hydrogens (primary N) is 1. The van der Waals surface area contributed by atoms with Gasteiger partial charge >= 0.3 is 0 Å². The zero-order valence-corrected chi connectivity index (χ0v) is 7.08. The van der Waals surface area contributed by atoms with Crippen LogP contribution in [0.2, 0.25) is 0 Å². The van der Waals surface area contributed by atoms with Gasteiger partial charge in [0, 0.05) is 19.0 Å². The van der Waals surface area contributed by atoms with Crippen LogP contribution in [0.3, 0.4) is 0 Å². The van der Waals surface area contributed by atoms with Crippen LogP contribution < -0.4 is 5.73 Å². The molecule has 0 aliphatic heterocycles. The second-order valence-corrected chi connectivity index (χ2v) is 3.17. The highest BCUT2D eigenvalue weighted by Crippen LogP contribution is 2.47. The Bertz CT molecular complexity index is 294. The molecule has 1 aromatic rings. The Morgan fingerprint density at radius 3 is 2.83 bits per heavy atom. The van der Waals surface area contributed by atoms with Crippen LogP contribution in [0.5, 0.6) is 0 Å². The molecule has 0 saturated heterocycles. The van der Waals surface area contributed by atoms with E-state index < -0.39 is 0 Å². The minimum absolute atomic E-state index is 0.116. The van der Waals surface area contributed by atoms with E-state index in [-0.39, 0.29) is 5.60 Å². The zero-order valence-electron chi connectivity index (χ0n) is 7.08. The van der Waals surface area contributed by atoms with Crippen molar-refractivity contribution in [2.75, 3.05) is 12.8 Å². The fourth-order valence-corrected chi connectivity index (χ4v) is 1.37. The van der Waals surface area contributed by atoms with Gasteiger partial charge in [-0.2, -0.15) is 0 Å². The predicted octanol–water partition coefficient (Wildman–Crippen LogP) is 1.30. The average Bonchev–Trinajstić information content (AvgIpc) is 2.84. The van der Waals surface area contributed by atoms with E-state index in [1.165, 1.54) is 0 Å². The van der Waals surface area contributed by atoms with Crippen LogP contribution in [0.1, 0.15) is 18.5 Å². The molecular formula is C9H12N2O. The smallest absolute Gasteiger partial charge is 0.110 e. The molecule has 0 unspecified atom stereocenters. The van der Waals surface area contributed by atoms with E-state index in [0.29, 0.717) is 0 Å². The number of nitrogens with zero attached hydrogens (tertiary/aromatic N) is 1. The summed E-state index contributed by atoms with van der Waals surface area (Å²) in [6.07, 6.45) is 3.84. The van der Waals surface area contributed by atoms with Crippen molar-refractivity contribution in [3.05, 3.63) is 24.0 Å². The summed E-state index contributed by atoms with van der Waals surface area (Å²) >= 11 is 0. The first-order valence-corrected chi connectivity index (χ1v) is 4.04. The Labute approximate surface area is 71.6 Å². The topological polar surface area (TPSA) is 48.1 Å². The third kappa shape index (κ3) is 1.06. The first-order chi connectivity index (χ1) is 5.77. The number of ether oxygens (including phenoxy) is 1. The lowest BCUT2D eigenvalue weighted by atomic mass is 10.2. The maximum absolute atomic E-state index is 5.64. The van der Waals surface area contributed by atoms with Crippen molar-refractivity contribution in [1.29, 1.82) is 0 Å². The summed E-state index contributed by atoms with van der Waals surface area (Å²) in [5, 5.41) is 0. The van der Waals surface area contributed by atoms with Gasteiger partial charge in [0.25, 0.3) is 0 Å². The van der Waals surface area contributed by atoms with Crippen LogP contribution >= 0.6 is 0 Å². The monoisotopic (exact) mass is 164 g/mol. The van der Waals surface area contributed by atoms with Gasteiger partial charge in [0.1, 0.15) is 5.60 Å². The van der Waals surface area contributed by atoms with E-state index in [0.717, 1.165) is 24.2 Å². The first kappa shape index (κ1) is 7.55. The summed E-state index contributed by atoms with van der Waals surface area (Å²) in [4.78, 5) is 4.24. The molecule has 2 N–H and O–H groups in total. The van der Waals surface area contributed by atoms with Crippen molar-refractivity contribution >= 4 is 5.69 Å². The van der Waals surface area contributed by atoms with Gasteiger partial charge in [-0.1, -0.05) is 0 Å². The van der Waals surface area contributed by atoms with Gasteiger partial charge in [0.15, 0.2) is 0 Å². The SMILES string of the molecule is COC1(c2cc(N)ccn2)CC1. The lowest BCUT2D eigenvalue weighted by Crippen LogP contribution is -2.11. The number of hydrogen-bond acceptors (Lipinski definition) is 3. The molecule has 0 amide bonds.